The Hall–Kier alpha value is -0.700. The third-order valence-corrected chi connectivity index (χ3v) is 3.87. The zero-order valence-electron chi connectivity index (χ0n) is 11.1. The first-order valence-corrected chi connectivity index (χ1v) is 7.55. The van der Waals surface area contributed by atoms with Gasteiger partial charge in [0.05, 0.1) is 0 Å². The molecule has 0 heterocycles. The monoisotopic (exact) mass is 280 g/mol. The molecule has 7 nitrogen and oxygen atoms in total. The molecule has 0 spiro atoms. The minimum atomic E-state index is -3.50. The summed E-state index contributed by atoms with van der Waals surface area (Å²) in [5, 5.41) is 2.68. The highest BCUT2D eigenvalue weighted by Gasteiger charge is 2.16. The second-order valence-corrected chi connectivity index (χ2v) is 5.83. The van der Waals surface area contributed by atoms with Gasteiger partial charge in [-0.25, -0.2) is 4.72 Å². The maximum absolute atomic E-state index is 11.7. The number of carbonyl (C=O) groups excluding carboxylic acids is 1. The van der Waals surface area contributed by atoms with Gasteiger partial charge >= 0.3 is 0 Å². The molecule has 0 aliphatic carbocycles. The topological polar surface area (TPSA) is 105 Å². The molecule has 0 rings (SSSR count). The highest BCUT2D eigenvalue weighted by Crippen LogP contribution is 1.95. The molecule has 0 aromatic rings. The van der Waals surface area contributed by atoms with Crippen LogP contribution in [-0.2, 0) is 15.0 Å². The number of rotatable bonds is 10. The molecule has 1 amide bonds. The molecule has 0 aromatic carbocycles. The van der Waals surface area contributed by atoms with E-state index in [0.29, 0.717) is 26.1 Å². The van der Waals surface area contributed by atoms with Crippen LogP contribution in [0.1, 0.15) is 26.2 Å². The van der Waals surface area contributed by atoms with Crippen LogP contribution in [0.5, 0.6) is 0 Å². The van der Waals surface area contributed by atoms with Crippen molar-refractivity contribution in [1.29, 1.82) is 0 Å². The summed E-state index contributed by atoms with van der Waals surface area (Å²) in [5.41, 5.74) is 5.31. The molecule has 0 bridgehead atoms. The third kappa shape index (κ3) is 7.59. The molecule has 4 N–H and O–H groups in total. The highest BCUT2D eigenvalue weighted by atomic mass is 32.2. The molecule has 0 aliphatic rings. The van der Waals surface area contributed by atoms with Crippen molar-refractivity contribution >= 4 is 16.1 Å². The minimum absolute atomic E-state index is 0.102. The van der Waals surface area contributed by atoms with E-state index in [1.54, 1.807) is 0 Å². The van der Waals surface area contributed by atoms with E-state index in [1.165, 1.54) is 11.4 Å². The van der Waals surface area contributed by atoms with Crippen LogP contribution in [0.3, 0.4) is 0 Å². The second-order valence-electron chi connectivity index (χ2n) is 3.96. The maximum Gasteiger partial charge on any atom is 0.279 e. The largest absolute Gasteiger partial charge is 0.356 e. The molecule has 18 heavy (non-hydrogen) atoms. The Kier molecular flexibility index (Phi) is 8.90. The summed E-state index contributed by atoms with van der Waals surface area (Å²) in [4.78, 5) is 11.3. The average Bonchev–Trinajstić information content (AvgIpc) is 2.33. The Balaban J connectivity index is 3.93. The lowest BCUT2D eigenvalue weighted by Crippen LogP contribution is -2.40. The predicted octanol–water partition coefficient (Wildman–Crippen LogP) is -0.982. The SMILES string of the molecule is CCCNC(=O)CCNS(=O)(=O)N(C)CCCN. The third-order valence-electron chi connectivity index (χ3n) is 2.30. The van der Waals surface area contributed by atoms with Crippen molar-refractivity contribution in [1.82, 2.24) is 14.3 Å². The van der Waals surface area contributed by atoms with Gasteiger partial charge in [-0.2, -0.15) is 12.7 Å². The summed E-state index contributed by atoms with van der Waals surface area (Å²) in [6, 6.07) is 0. The van der Waals surface area contributed by atoms with Gasteiger partial charge in [-0.1, -0.05) is 6.92 Å². The van der Waals surface area contributed by atoms with Crippen LogP contribution in [-0.4, -0.2) is 51.9 Å². The van der Waals surface area contributed by atoms with Crippen molar-refractivity contribution in [2.24, 2.45) is 5.73 Å². The summed E-state index contributed by atoms with van der Waals surface area (Å²) >= 11 is 0. The van der Waals surface area contributed by atoms with Gasteiger partial charge in [0.1, 0.15) is 0 Å². The lowest BCUT2D eigenvalue weighted by atomic mass is 10.4. The van der Waals surface area contributed by atoms with E-state index in [2.05, 4.69) is 10.0 Å². The molecular weight excluding hydrogens is 256 g/mol. The highest BCUT2D eigenvalue weighted by molar-refractivity contribution is 7.87. The number of hydrogen-bond acceptors (Lipinski definition) is 4. The zero-order chi connectivity index (χ0) is 14.0. The number of nitrogens with one attached hydrogen (secondary N) is 2. The van der Waals surface area contributed by atoms with Crippen molar-refractivity contribution in [2.75, 3.05) is 33.2 Å². The van der Waals surface area contributed by atoms with Crippen LogP contribution in [0.15, 0.2) is 0 Å². The predicted molar refractivity (Wildman–Crippen MR) is 71.1 cm³/mol. The number of amides is 1. The van der Waals surface area contributed by atoms with Crippen molar-refractivity contribution in [3.63, 3.8) is 0 Å². The molecule has 0 saturated carbocycles. The fourth-order valence-corrected chi connectivity index (χ4v) is 2.14. The molecule has 0 unspecified atom stereocenters. The van der Waals surface area contributed by atoms with Crippen LogP contribution < -0.4 is 15.8 Å². The molecule has 0 saturated heterocycles. The van der Waals surface area contributed by atoms with E-state index >= 15 is 0 Å². The first-order chi connectivity index (χ1) is 8.44. The number of nitrogens with two attached hydrogens (primary N) is 1. The maximum atomic E-state index is 11.7. The molecule has 8 heteroatoms. The van der Waals surface area contributed by atoms with Gasteiger partial charge in [0, 0.05) is 33.1 Å². The van der Waals surface area contributed by atoms with Crippen molar-refractivity contribution < 1.29 is 13.2 Å². The van der Waals surface area contributed by atoms with E-state index < -0.39 is 10.2 Å². The molecule has 0 atom stereocenters. The number of hydrogen-bond donors (Lipinski definition) is 3. The standard InChI is InChI=1S/C10H24N4O3S/c1-3-7-12-10(15)5-8-13-18(16,17)14(2)9-4-6-11/h13H,3-9,11H2,1-2H3,(H,12,15). The van der Waals surface area contributed by atoms with Gasteiger partial charge in [0.15, 0.2) is 0 Å². The molecule has 108 valence electrons. The molecule has 0 aromatic heterocycles. The van der Waals surface area contributed by atoms with Crippen molar-refractivity contribution in [3.05, 3.63) is 0 Å². The van der Waals surface area contributed by atoms with E-state index in [-0.39, 0.29) is 18.9 Å². The number of carbonyl (C=O) groups is 1. The summed E-state index contributed by atoms with van der Waals surface area (Å²) in [7, 11) is -2.02. The van der Waals surface area contributed by atoms with Crippen LogP contribution in [0.25, 0.3) is 0 Å². The smallest absolute Gasteiger partial charge is 0.279 e. The first-order valence-electron chi connectivity index (χ1n) is 6.11. The Bertz CT molecular complexity index is 332. The van der Waals surface area contributed by atoms with Gasteiger partial charge < -0.3 is 11.1 Å². The Labute approximate surface area is 109 Å². The lowest BCUT2D eigenvalue weighted by molar-refractivity contribution is -0.120. The van der Waals surface area contributed by atoms with Gasteiger partial charge in [-0.05, 0) is 19.4 Å². The van der Waals surface area contributed by atoms with Crippen LogP contribution in [0.4, 0.5) is 0 Å². The average molecular weight is 280 g/mol. The van der Waals surface area contributed by atoms with Crippen LogP contribution >= 0.6 is 0 Å². The van der Waals surface area contributed by atoms with Crippen molar-refractivity contribution in [2.45, 2.75) is 26.2 Å². The van der Waals surface area contributed by atoms with Crippen molar-refractivity contribution in [3.8, 4) is 0 Å². The van der Waals surface area contributed by atoms with E-state index in [0.717, 1.165) is 6.42 Å². The van der Waals surface area contributed by atoms with Gasteiger partial charge in [-0.15, -0.1) is 0 Å². The minimum Gasteiger partial charge on any atom is -0.356 e. The van der Waals surface area contributed by atoms with Crippen LogP contribution in [0, 0.1) is 0 Å². The lowest BCUT2D eigenvalue weighted by Gasteiger charge is -2.17. The zero-order valence-corrected chi connectivity index (χ0v) is 11.9. The fourth-order valence-electron chi connectivity index (χ4n) is 1.19. The quantitative estimate of drug-likeness (QED) is 0.478. The normalized spacial score (nSPS) is 11.8. The first kappa shape index (κ1) is 17.3. The summed E-state index contributed by atoms with van der Waals surface area (Å²) < 4.78 is 26.9. The molecule has 0 radical (unpaired) electrons. The van der Waals surface area contributed by atoms with E-state index in [9.17, 15) is 13.2 Å². The molecular formula is C10H24N4O3S. The summed E-state index contributed by atoms with van der Waals surface area (Å²) in [6.07, 6.45) is 1.61. The Morgan fingerprint density at radius 2 is 2.00 bits per heavy atom. The van der Waals surface area contributed by atoms with E-state index in [4.69, 9.17) is 5.73 Å². The van der Waals surface area contributed by atoms with Gasteiger partial charge in [0.25, 0.3) is 10.2 Å². The molecule has 0 aliphatic heterocycles. The molecule has 0 fully saturated rings. The Morgan fingerprint density at radius 3 is 2.56 bits per heavy atom. The van der Waals surface area contributed by atoms with Gasteiger partial charge in [-0.3, -0.25) is 4.79 Å². The second kappa shape index (κ2) is 9.26. The van der Waals surface area contributed by atoms with Crippen LogP contribution in [0.2, 0.25) is 0 Å². The number of nitrogens with zero attached hydrogens (tertiary/aromatic N) is 1. The Morgan fingerprint density at radius 1 is 1.33 bits per heavy atom. The van der Waals surface area contributed by atoms with Gasteiger partial charge in [0.2, 0.25) is 5.91 Å². The summed E-state index contributed by atoms with van der Waals surface area (Å²) in [6.45, 7) is 3.48. The summed E-state index contributed by atoms with van der Waals surface area (Å²) in [5.74, 6) is -0.149. The van der Waals surface area contributed by atoms with E-state index in [1.807, 2.05) is 6.92 Å². The fraction of sp³-hybridized carbons (Fsp3) is 0.900.